The monoisotopic (exact) mass is 276 g/mol. The molecule has 1 heterocycles. The fourth-order valence-electron chi connectivity index (χ4n) is 1.86. The van der Waals surface area contributed by atoms with Crippen LogP contribution in [-0.4, -0.2) is 24.4 Å². The van der Waals surface area contributed by atoms with E-state index in [1.165, 1.54) is 0 Å². The lowest BCUT2D eigenvalue weighted by Gasteiger charge is -2.14. The highest BCUT2D eigenvalue weighted by atomic mass is 16.5. The van der Waals surface area contributed by atoms with Gasteiger partial charge in [0.25, 0.3) is 0 Å². The molecule has 1 atom stereocenters. The Bertz CT molecular complexity index is 493. The van der Waals surface area contributed by atoms with Gasteiger partial charge in [-0.25, -0.2) is 0 Å². The number of hydrogen-bond acceptors (Lipinski definition) is 4. The first kappa shape index (κ1) is 14.6. The van der Waals surface area contributed by atoms with Gasteiger partial charge < -0.3 is 19.0 Å². The second-order valence-corrected chi connectivity index (χ2v) is 4.52. The van der Waals surface area contributed by atoms with Crippen LogP contribution in [0, 0.1) is 0 Å². The lowest BCUT2D eigenvalue weighted by molar-refractivity contribution is 0.000740. The van der Waals surface area contributed by atoms with E-state index in [-0.39, 0.29) is 13.2 Å². The van der Waals surface area contributed by atoms with Crippen LogP contribution in [0.2, 0.25) is 0 Å². The van der Waals surface area contributed by atoms with Gasteiger partial charge in [0.1, 0.15) is 30.8 Å². The van der Waals surface area contributed by atoms with E-state index in [1.54, 1.807) is 12.3 Å². The van der Waals surface area contributed by atoms with Gasteiger partial charge in [0.2, 0.25) is 0 Å². The van der Waals surface area contributed by atoms with E-state index in [4.69, 9.17) is 13.9 Å². The van der Waals surface area contributed by atoms with E-state index >= 15 is 0 Å². The molecule has 20 heavy (non-hydrogen) atoms. The zero-order valence-corrected chi connectivity index (χ0v) is 11.6. The van der Waals surface area contributed by atoms with Crippen molar-refractivity contribution in [3.05, 3.63) is 54.0 Å². The van der Waals surface area contributed by atoms with Crippen LogP contribution in [0.15, 0.2) is 47.1 Å². The Kier molecular flexibility index (Phi) is 5.65. The minimum Gasteiger partial charge on any atom is -0.491 e. The van der Waals surface area contributed by atoms with E-state index in [9.17, 15) is 5.11 Å². The average Bonchev–Trinajstić information content (AvgIpc) is 2.98. The number of ether oxygens (including phenoxy) is 2. The van der Waals surface area contributed by atoms with Crippen molar-refractivity contribution in [1.29, 1.82) is 0 Å². The summed E-state index contributed by atoms with van der Waals surface area (Å²) in [7, 11) is 0. The fourth-order valence-corrected chi connectivity index (χ4v) is 1.86. The van der Waals surface area contributed by atoms with E-state index in [1.807, 2.05) is 30.3 Å². The first-order valence-electron chi connectivity index (χ1n) is 6.78. The summed E-state index contributed by atoms with van der Waals surface area (Å²) in [5.74, 6) is 1.56. The number of aliphatic hydroxyl groups excluding tert-OH is 1. The molecule has 1 aromatic carbocycles. The number of aryl methyl sites for hydroxylation is 1. The number of aliphatic hydroxyl groups is 1. The SMILES string of the molecule is CCc1ccccc1OCC(O)COCc1ccco1. The molecular formula is C16H20O4. The third-order valence-electron chi connectivity index (χ3n) is 2.92. The normalized spacial score (nSPS) is 12.3. The Morgan fingerprint density at radius 1 is 1.15 bits per heavy atom. The second-order valence-electron chi connectivity index (χ2n) is 4.52. The smallest absolute Gasteiger partial charge is 0.129 e. The number of para-hydroxylation sites is 1. The van der Waals surface area contributed by atoms with Crippen molar-refractivity contribution in [2.45, 2.75) is 26.1 Å². The molecule has 1 N–H and O–H groups in total. The van der Waals surface area contributed by atoms with Gasteiger partial charge in [-0.3, -0.25) is 0 Å². The summed E-state index contributed by atoms with van der Waals surface area (Å²) in [5, 5.41) is 9.82. The van der Waals surface area contributed by atoms with Crippen molar-refractivity contribution < 1.29 is 19.0 Å². The Morgan fingerprint density at radius 2 is 2.00 bits per heavy atom. The Morgan fingerprint density at radius 3 is 2.75 bits per heavy atom. The summed E-state index contributed by atoms with van der Waals surface area (Å²) in [5.41, 5.74) is 1.14. The molecular weight excluding hydrogens is 256 g/mol. The van der Waals surface area contributed by atoms with Gasteiger partial charge in [-0.05, 0) is 30.2 Å². The Labute approximate surface area is 118 Å². The van der Waals surface area contributed by atoms with Crippen LogP contribution in [0.1, 0.15) is 18.2 Å². The maximum Gasteiger partial charge on any atom is 0.129 e. The third-order valence-corrected chi connectivity index (χ3v) is 2.92. The lowest BCUT2D eigenvalue weighted by atomic mass is 10.1. The highest BCUT2D eigenvalue weighted by Gasteiger charge is 2.08. The van der Waals surface area contributed by atoms with Gasteiger partial charge in [0.05, 0.1) is 12.9 Å². The molecule has 0 amide bonds. The van der Waals surface area contributed by atoms with E-state index in [0.29, 0.717) is 6.61 Å². The summed E-state index contributed by atoms with van der Waals surface area (Å²) in [6, 6.07) is 11.5. The molecule has 0 aliphatic heterocycles. The predicted octanol–water partition coefficient (Wildman–Crippen LogP) is 2.80. The number of hydrogen-bond donors (Lipinski definition) is 1. The second kappa shape index (κ2) is 7.72. The average molecular weight is 276 g/mol. The fraction of sp³-hybridized carbons (Fsp3) is 0.375. The Balaban J connectivity index is 1.70. The molecule has 108 valence electrons. The minimum atomic E-state index is -0.658. The van der Waals surface area contributed by atoms with Gasteiger partial charge >= 0.3 is 0 Å². The molecule has 0 saturated carbocycles. The first-order chi connectivity index (χ1) is 9.79. The zero-order valence-electron chi connectivity index (χ0n) is 11.6. The van der Waals surface area contributed by atoms with E-state index < -0.39 is 6.10 Å². The van der Waals surface area contributed by atoms with Crippen LogP contribution in [0.4, 0.5) is 0 Å². The number of benzene rings is 1. The largest absolute Gasteiger partial charge is 0.491 e. The molecule has 0 radical (unpaired) electrons. The van der Waals surface area contributed by atoms with Crippen LogP contribution < -0.4 is 4.74 Å². The molecule has 4 nitrogen and oxygen atoms in total. The van der Waals surface area contributed by atoms with Gasteiger partial charge in [0.15, 0.2) is 0 Å². The third kappa shape index (κ3) is 4.40. The van der Waals surface area contributed by atoms with Crippen molar-refractivity contribution in [2.75, 3.05) is 13.2 Å². The molecule has 0 spiro atoms. The molecule has 2 aromatic rings. The van der Waals surface area contributed by atoms with E-state index in [2.05, 4.69) is 6.92 Å². The highest BCUT2D eigenvalue weighted by molar-refractivity contribution is 5.33. The molecule has 1 unspecified atom stereocenters. The molecule has 4 heteroatoms. The lowest BCUT2D eigenvalue weighted by Crippen LogP contribution is -2.23. The quantitative estimate of drug-likeness (QED) is 0.805. The van der Waals surface area contributed by atoms with Crippen molar-refractivity contribution in [1.82, 2.24) is 0 Å². The van der Waals surface area contributed by atoms with Gasteiger partial charge in [-0.1, -0.05) is 25.1 Å². The standard InChI is InChI=1S/C16H20O4/c1-2-13-6-3-4-8-16(13)20-11-14(17)10-18-12-15-7-5-9-19-15/h3-9,14,17H,2,10-12H2,1H3. The van der Waals surface area contributed by atoms with E-state index in [0.717, 1.165) is 23.5 Å². The van der Waals surface area contributed by atoms with Crippen molar-refractivity contribution in [3.8, 4) is 5.75 Å². The highest BCUT2D eigenvalue weighted by Crippen LogP contribution is 2.18. The summed E-state index contributed by atoms with van der Waals surface area (Å²) < 4.78 is 16.1. The summed E-state index contributed by atoms with van der Waals surface area (Å²) >= 11 is 0. The van der Waals surface area contributed by atoms with Crippen LogP contribution >= 0.6 is 0 Å². The van der Waals surface area contributed by atoms with Crippen molar-refractivity contribution >= 4 is 0 Å². The predicted molar refractivity (Wildman–Crippen MR) is 75.7 cm³/mol. The van der Waals surface area contributed by atoms with Crippen molar-refractivity contribution in [2.24, 2.45) is 0 Å². The topological polar surface area (TPSA) is 51.8 Å². The molecule has 0 saturated heterocycles. The molecule has 0 bridgehead atoms. The van der Waals surface area contributed by atoms with Gasteiger partial charge in [-0.15, -0.1) is 0 Å². The number of rotatable bonds is 8. The van der Waals surface area contributed by atoms with Gasteiger partial charge in [-0.2, -0.15) is 0 Å². The van der Waals surface area contributed by atoms with Crippen LogP contribution in [0.3, 0.4) is 0 Å². The van der Waals surface area contributed by atoms with Crippen molar-refractivity contribution in [3.63, 3.8) is 0 Å². The summed E-state index contributed by atoms with van der Waals surface area (Å²) in [4.78, 5) is 0. The molecule has 0 fully saturated rings. The molecule has 0 aliphatic rings. The van der Waals surface area contributed by atoms with Crippen LogP contribution in [-0.2, 0) is 17.8 Å². The molecule has 1 aromatic heterocycles. The van der Waals surface area contributed by atoms with Crippen LogP contribution in [0.25, 0.3) is 0 Å². The van der Waals surface area contributed by atoms with Crippen LogP contribution in [0.5, 0.6) is 5.75 Å². The summed E-state index contributed by atoms with van der Waals surface area (Å²) in [6.45, 7) is 2.87. The minimum absolute atomic E-state index is 0.217. The maximum atomic E-state index is 9.82. The first-order valence-corrected chi connectivity index (χ1v) is 6.78. The molecule has 2 rings (SSSR count). The number of furan rings is 1. The molecule has 0 aliphatic carbocycles. The summed E-state index contributed by atoms with van der Waals surface area (Å²) in [6.07, 6.45) is 1.84. The Hall–Kier alpha value is -1.78. The van der Waals surface area contributed by atoms with Gasteiger partial charge in [0, 0.05) is 0 Å². The zero-order chi connectivity index (χ0) is 14.2. The maximum absolute atomic E-state index is 9.82.